The van der Waals surface area contributed by atoms with E-state index in [0.29, 0.717) is 27.3 Å². The molecule has 2 aromatic carbocycles. The molecule has 0 aliphatic carbocycles. The van der Waals surface area contributed by atoms with Crippen LogP contribution in [0.4, 0.5) is 0 Å². The maximum atomic E-state index is 12.8. The molecule has 0 radical (unpaired) electrons. The van der Waals surface area contributed by atoms with Crippen molar-refractivity contribution in [3.63, 3.8) is 0 Å². The van der Waals surface area contributed by atoms with Crippen molar-refractivity contribution >= 4 is 21.8 Å². The van der Waals surface area contributed by atoms with Crippen LogP contribution in [0, 0.1) is 0 Å². The molecule has 2 rings (SSSR count). The fourth-order valence-corrected chi connectivity index (χ4v) is 3.24. The normalized spacial score (nSPS) is 11.6. The van der Waals surface area contributed by atoms with E-state index in [-0.39, 0.29) is 17.7 Å². The van der Waals surface area contributed by atoms with Gasteiger partial charge in [-0.2, -0.15) is 0 Å². The summed E-state index contributed by atoms with van der Waals surface area (Å²) in [6.07, 6.45) is 1.46. The van der Waals surface area contributed by atoms with Gasteiger partial charge >= 0.3 is 0 Å². The van der Waals surface area contributed by atoms with Crippen molar-refractivity contribution in [2.75, 3.05) is 21.3 Å². The van der Waals surface area contributed by atoms with Gasteiger partial charge in [0.15, 0.2) is 23.0 Å². The van der Waals surface area contributed by atoms with Crippen LogP contribution >= 0.6 is 15.9 Å². The molecule has 0 bridgehead atoms. The number of carbonyl (C=O) groups is 1. The Morgan fingerprint density at radius 1 is 1.11 bits per heavy atom. The van der Waals surface area contributed by atoms with Crippen LogP contribution in [0.15, 0.2) is 34.8 Å². The van der Waals surface area contributed by atoms with Crippen molar-refractivity contribution < 1.29 is 24.1 Å². The van der Waals surface area contributed by atoms with E-state index in [9.17, 15) is 9.90 Å². The molecule has 0 aromatic heterocycles. The molecule has 0 aliphatic heterocycles. The molecule has 0 spiro atoms. The summed E-state index contributed by atoms with van der Waals surface area (Å²) in [4.78, 5) is 12.8. The van der Waals surface area contributed by atoms with Gasteiger partial charge in [-0.1, -0.05) is 6.07 Å². The minimum atomic E-state index is -0.242. The lowest BCUT2D eigenvalue weighted by molar-refractivity contribution is 0.0934. The minimum Gasteiger partial charge on any atom is -0.504 e. The Hall–Kier alpha value is -2.41. The van der Waals surface area contributed by atoms with E-state index in [4.69, 9.17) is 14.2 Å². The van der Waals surface area contributed by atoms with Gasteiger partial charge in [-0.3, -0.25) is 4.79 Å². The number of methoxy groups -OCH3 is 3. The topological polar surface area (TPSA) is 77.0 Å². The predicted molar refractivity (Wildman–Crippen MR) is 107 cm³/mol. The van der Waals surface area contributed by atoms with Crippen molar-refractivity contribution in [1.29, 1.82) is 0 Å². The number of carbonyl (C=O) groups excluding carboxylic acids is 1. The Balaban J connectivity index is 2.06. The number of aromatic hydroxyl groups is 1. The first kappa shape index (κ1) is 20.9. The second kappa shape index (κ2) is 9.50. The number of hydrogen-bond acceptors (Lipinski definition) is 5. The lowest BCUT2D eigenvalue weighted by Crippen LogP contribution is -2.33. The molecule has 0 saturated heterocycles. The summed E-state index contributed by atoms with van der Waals surface area (Å²) in [5.41, 5.74) is 1.42. The molecular weight excluding hydrogens is 414 g/mol. The molecule has 27 heavy (non-hydrogen) atoms. The zero-order chi connectivity index (χ0) is 20.0. The SMILES string of the molecule is COc1cc(CCC(C)NC(=O)c2c(Br)ccc(OC)c2OC)ccc1O. The third-order valence-corrected chi connectivity index (χ3v) is 4.87. The number of phenolic OH excluding ortho intramolecular Hbond substituents is 1. The Bertz CT molecular complexity index is 809. The molecule has 2 aromatic rings. The third kappa shape index (κ3) is 5.07. The highest BCUT2D eigenvalue weighted by molar-refractivity contribution is 9.10. The fourth-order valence-electron chi connectivity index (χ4n) is 2.74. The first-order valence-electron chi connectivity index (χ1n) is 8.48. The molecule has 1 atom stereocenters. The van der Waals surface area contributed by atoms with E-state index >= 15 is 0 Å². The van der Waals surface area contributed by atoms with Crippen LogP contribution in [0.5, 0.6) is 23.0 Å². The van der Waals surface area contributed by atoms with Gasteiger partial charge in [-0.15, -0.1) is 0 Å². The molecule has 2 N–H and O–H groups in total. The quantitative estimate of drug-likeness (QED) is 0.653. The van der Waals surface area contributed by atoms with E-state index in [1.807, 2.05) is 13.0 Å². The van der Waals surface area contributed by atoms with Gasteiger partial charge in [-0.05, 0) is 65.5 Å². The fraction of sp³-hybridized carbons (Fsp3) is 0.350. The first-order valence-corrected chi connectivity index (χ1v) is 9.27. The molecule has 6 nitrogen and oxygen atoms in total. The first-order chi connectivity index (χ1) is 12.9. The second-order valence-corrected chi connectivity index (χ2v) is 6.93. The van der Waals surface area contributed by atoms with E-state index in [0.717, 1.165) is 18.4 Å². The number of aryl methyl sites for hydroxylation is 1. The zero-order valence-electron chi connectivity index (χ0n) is 15.8. The van der Waals surface area contributed by atoms with Crippen LogP contribution in [0.3, 0.4) is 0 Å². The van der Waals surface area contributed by atoms with Crippen LogP contribution in [0.25, 0.3) is 0 Å². The lowest BCUT2D eigenvalue weighted by atomic mass is 10.0. The van der Waals surface area contributed by atoms with Gasteiger partial charge in [0.1, 0.15) is 0 Å². The lowest BCUT2D eigenvalue weighted by Gasteiger charge is -2.18. The summed E-state index contributed by atoms with van der Waals surface area (Å²) in [6.45, 7) is 1.94. The Morgan fingerprint density at radius 2 is 1.81 bits per heavy atom. The summed E-state index contributed by atoms with van der Waals surface area (Å²) in [6, 6.07) is 8.67. The number of ether oxygens (including phenoxy) is 3. The molecule has 0 fully saturated rings. The van der Waals surface area contributed by atoms with E-state index in [1.54, 1.807) is 24.3 Å². The minimum absolute atomic E-state index is 0.0693. The maximum Gasteiger partial charge on any atom is 0.256 e. The summed E-state index contributed by atoms with van der Waals surface area (Å²) in [5.74, 6) is 1.19. The van der Waals surface area contributed by atoms with Gasteiger partial charge in [-0.25, -0.2) is 0 Å². The largest absolute Gasteiger partial charge is 0.504 e. The second-order valence-electron chi connectivity index (χ2n) is 6.08. The van der Waals surface area contributed by atoms with E-state index in [1.165, 1.54) is 21.3 Å². The van der Waals surface area contributed by atoms with Crippen molar-refractivity contribution in [1.82, 2.24) is 5.32 Å². The predicted octanol–water partition coefficient (Wildman–Crippen LogP) is 3.93. The van der Waals surface area contributed by atoms with Gasteiger partial charge in [0.05, 0.1) is 26.9 Å². The standard InChI is InChI=1S/C20H24BrNO5/c1-12(5-6-13-7-9-15(23)17(11-13)26-3)22-20(24)18-14(21)8-10-16(25-2)19(18)27-4/h7-12,23H,5-6H2,1-4H3,(H,22,24). The van der Waals surface area contributed by atoms with Crippen LogP contribution < -0.4 is 19.5 Å². The molecule has 1 amide bonds. The van der Waals surface area contributed by atoms with Crippen LogP contribution in [0.1, 0.15) is 29.3 Å². The van der Waals surface area contributed by atoms with Gasteiger partial charge < -0.3 is 24.6 Å². The molecule has 0 aliphatic rings. The number of phenols is 1. The molecule has 7 heteroatoms. The summed E-state index contributed by atoms with van der Waals surface area (Å²) < 4.78 is 16.4. The van der Waals surface area contributed by atoms with Crippen LogP contribution in [-0.4, -0.2) is 38.4 Å². The summed E-state index contributed by atoms with van der Waals surface area (Å²) >= 11 is 3.41. The monoisotopic (exact) mass is 437 g/mol. The summed E-state index contributed by atoms with van der Waals surface area (Å²) in [7, 11) is 4.55. The number of amides is 1. The van der Waals surface area contributed by atoms with Crippen LogP contribution in [0.2, 0.25) is 0 Å². The summed E-state index contributed by atoms with van der Waals surface area (Å²) in [5, 5.41) is 12.7. The van der Waals surface area contributed by atoms with Crippen molar-refractivity contribution in [3.8, 4) is 23.0 Å². The molecule has 0 heterocycles. The average Bonchev–Trinajstić information content (AvgIpc) is 2.66. The number of nitrogens with one attached hydrogen (secondary N) is 1. The smallest absolute Gasteiger partial charge is 0.256 e. The number of benzene rings is 2. The maximum absolute atomic E-state index is 12.8. The van der Waals surface area contributed by atoms with Crippen LogP contribution in [-0.2, 0) is 6.42 Å². The van der Waals surface area contributed by atoms with Crippen molar-refractivity contribution in [3.05, 3.63) is 45.9 Å². The average molecular weight is 438 g/mol. The van der Waals surface area contributed by atoms with Crippen molar-refractivity contribution in [2.45, 2.75) is 25.8 Å². The Labute approximate surface area is 167 Å². The number of halogens is 1. The van der Waals surface area contributed by atoms with Gasteiger partial charge in [0, 0.05) is 10.5 Å². The highest BCUT2D eigenvalue weighted by Crippen LogP contribution is 2.36. The van der Waals surface area contributed by atoms with E-state index in [2.05, 4.69) is 21.2 Å². The molecular formula is C20H24BrNO5. The highest BCUT2D eigenvalue weighted by atomic mass is 79.9. The van der Waals surface area contributed by atoms with Gasteiger partial charge in [0.25, 0.3) is 5.91 Å². The molecule has 1 unspecified atom stereocenters. The van der Waals surface area contributed by atoms with Gasteiger partial charge in [0.2, 0.25) is 0 Å². The Morgan fingerprint density at radius 3 is 2.44 bits per heavy atom. The number of hydrogen-bond donors (Lipinski definition) is 2. The molecule has 0 saturated carbocycles. The number of rotatable bonds is 8. The van der Waals surface area contributed by atoms with E-state index < -0.39 is 0 Å². The van der Waals surface area contributed by atoms with Crippen molar-refractivity contribution in [2.24, 2.45) is 0 Å². The molecule has 146 valence electrons. The third-order valence-electron chi connectivity index (χ3n) is 4.21. The highest BCUT2D eigenvalue weighted by Gasteiger charge is 2.21. The zero-order valence-corrected chi connectivity index (χ0v) is 17.4. The Kier molecular flexibility index (Phi) is 7.36.